The Morgan fingerprint density at radius 3 is 2.42 bits per heavy atom. The molecule has 8 nitrogen and oxygen atoms in total. The molecule has 1 saturated heterocycles. The van der Waals surface area contributed by atoms with Gasteiger partial charge in [0.15, 0.2) is 5.69 Å². The monoisotopic (exact) mass is 464 g/mol. The van der Waals surface area contributed by atoms with Crippen LogP contribution in [0.2, 0.25) is 0 Å². The zero-order valence-corrected chi connectivity index (χ0v) is 19.8. The minimum Gasteiger partial charge on any atom is -0.368 e. The zero-order valence-electron chi connectivity index (χ0n) is 19.0. The van der Waals surface area contributed by atoms with Gasteiger partial charge in [0.05, 0.1) is 11.6 Å². The lowest BCUT2D eigenvalue weighted by Gasteiger charge is -2.36. The van der Waals surface area contributed by atoms with Crippen LogP contribution in [0.5, 0.6) is 0 Å². The Morgan fingerprint density at radius 1 is 1.00 bits per heavy atom. The number of amides is 2. The van der Waals surface area contributed by atoms with Gasteiger partial charge in [0.1, 0.15) is 5.69 Å². The van der Waals surface area contributed by atoms with Crippen molar-refractivity contribution in [3.63, 3.8) is 0 Å². The number of aryl methyl sites for hydroxylation is 2. The van der Waals surface area contributed by atoms with Crippen molar-refractivity contribution in [2.75, 3.05) is 37.6 Å². The normalized spacial score (nSPS) is 16.1. The summed E-state index contributed by atoms with van der Waals surface area (Å²) in [6.07, 6.45) is 0.695. The van der Waals surface area contributed by atoms with Crippen LogP contribution in [0.3, 0.4) is 0 Å². The summed E-state index contributed by atoms with van der Waals surface area (Å²) in [4.78, 5) is 36.9. The summed E-state index contributed by atoms with van der Waals surface area (Å²) < 4.78 is 1.93. The molecule has 0 saturated carbocycles. The Kier molecular flexibility index (Phi) is 5.88. The van der Waals surface area contributed by atoms with E-state index in [1.165, 1.54) is 17.0 Å². The Balaban J connectivity index is 1.34. The van der Waals surface area contributed by atoms with Crippen LogP contribution in [0, 0.1) is 6.92 Å². The molecule has 33 heavy (non-hydrogen) atoms. The topological polar surface area (TPSA) is 74.6 Å². The SMILES string of the molecule is CCn1nc(C(=O)N2CCN(c3ccccc3)CC2)c2c1CCN(C(=O)c1csc(C)n1)C2. The molecule has 9 heteroatoms. The average Bonchev–Trinajstić information content (AvgIpc) is 3.47. The first-order chi connectivity index (χ1) is 16.0. The standard InChI is InChI=1S/C24H28N6O2S/c1-3-30-21-9-10-29(23(31)20-16-33-17(2)25-20)15-19(21)22(26-30)24(32)28-13-11-27(12-14-28)18-7-5-4-6-8-18/h4-8,16H,3,9-15H2,1-2H3. The van der Waals surface area contributed by atoms with Crippen LogP contribution in [0.1, 0.15) is 44.2 Å². The molecular weight excluding hydrogens is 436 g/mol. The number of anilines is 1. The molecule has 1 fully saturated rings. The minimum atomic E-state index is -0.0795. The van der Waals surface area contributed by atoms with Crippen LogP contribution >= 0.6 is 11.3 Å². The van der Waals surface area contributed by atoms with Crippen LogP contribution in [-0.2, 0) is 19.5 Å². The minimum absolute atomic E-state index is 0.0371. The maximum atomic E-state index is 13.5. The molecule has 0 N–H and O–H groups in total. The van der Waals surface area contributed by atoms with E-state index in [-0.39, 0.29) is 11.8 Å². The van der Waals surface area contributed by atoms with E-state index >= 15 is 0 Å². The summed E-state index contributed by atoms with van der Waals surface area (Å²) >= 11 is 1.48. The molecule has 0 spiro atoms. The van der Waals surface area contributed by atoms with Gasteiger partial charge in [-0.05, 0) is 26.0 Å². The zero-order chi connectivity index (χ0) is 22.9. The Labute approximate surface area is 197 Å². The highest BCUT2D eigenvalue weighted by Gasteiger charge is 2.33. The molecule has 0 bridgehead atoms. The van der Waals surface area contributed by atoms with Crippen molar-refractivity contribution in [1.29, 1.82) is 0 Å². The van der Waals surface area contributed by atoms with Crippen molar-refractivity contribution >= 4 is 28.8 Å². The number of aromatic nitrogens is 3. The molecule has 0 atom stereocenters. The van der Waals surface area contributed by atoms with E-state index in [2.05, 4.69) is 22.0 Å². The summed E-state index contributed by atoms with van der Waals surface area (Å²) in [6, 6.07) is 10.3. The van der Waals surface area contributed by atoms with Gasteiger partial charge < -0.3 is 14.7 Å². The molecular formula is C24H28N6O2S. The van der Waals surface area contributed by atoms with Gasteiger partial charge >= 0.3 is 0 Å². The number of nitrogens with zero attached hydrogens (tertiary/aromatic N) is 6. The number of para-hydroxylation sites is 1. The summed E-state index contributed by atoms with van der Waals surface area (Å²) in [6.45, 7) is 8.54. The van der Waals surface area contributed by atoms with Crippen LogP contribution in [-0.4, -0.2) is 69.1 Å². The quantitative estimate of drug-likeness (QED) is 0.594. The first-order valence-electron chi connectivity index (χ1n) is 11.4. The smallest absolute Gasteiger partial charge is 0.274 e. The van der Waals surface area contributed by atoms with E-state index in [0.29, 0.717) is 50.5 Å². The lowest BCUT2D eigenvalue weighted by Crippen LogP contribution is -2.49. The molecule has 0 unspecified atom stereocenters. The van der Waals surface area contributed by atoms with E-state index in [9.17, 15) is 9.59 Å². The van der Waals surface area contributed by atoms with E-state index in [0.717, 1.165) is 29.4 Å². The molecule has 5 rings (SSSR count). The molecule has 2 aliphatic heterocycles. The predicted molar refractivity (Wildman–Crippen MR) is 128 cm³/mol. The van der Waals surface area contributed by atoms with Gasteiger partial charge in [0.2, 0.25) is 0 Å². The highest BCUT2D eigenvalue weighted by Crippen LogP contribution is 2.26. The molecule has 0 aliphatic carbocycles. The number of carbonyl (C=O) groups excluding carboxylic acids is 2. The highest BCUT2D eigenvalue weighted by atomic mass is 32.1. The second-order valence-corrected chi connectivity index (χ2v) is 9.50. The first kappa shape index (κ1) is 21.6. The molecule has 0 radical (unpaired) electrons. The molecule has 2 aromatic heterocycles. The van der Waals surface area contributed by atoms with Gasteiger partial charge in [-0.15, -0.1) is 11.3 Å². The average molecular weight is 465 g/mol. The largest absolute Gasteiger partial charge is 0.368 e. The van der Waals surface area contributed by atoms with Gasteiger partial charge in [-0.3, -0.25) is 14.3 Å². The third kappa shape index (κ3) is 4.13. The van der Waals surface area contributed by atoms with Crippen molar-refractivity contribution in [2.24, 2.45) is 0 Å². The maximum Gasteiger partial charge on any atom is 0.274 e. The van der Waals surface area contributed by atoms with E-state index < -0.39 is 0 Å². The first-order valence-corrected chi connectivity index (χ1v) is 12.3. The number of hydrogen-bond donors (Lipinski definition) is 0. The Hall–Kier alpha value is -3.20. The maximum absolute atomic E-state index is 13.5. The van der Waals surface area contributed by atoms with Gasteiger partial charge in [0, 0.05) is 68.0 Å². The Morgan fingerprint density at radius 2 is 1.76 bits per heavy atom. The number of piperazine rings is 1. The van der Waals surface area contributed by atoms with E-state index in [1.54, 1.807) is 10.3 Å². The molecule has 4 heterocycles. The number of thiazole rings is 1. The van der Waals surface area contributed by atoms with Gasteiger partial charge in [-0.25, -0.2) is 4.98 Å². The molecule has 2 aliphatic rings. The fourth-order valence-electron chi connectivity index (χ4n) is 4.68. The summed E-state index contributed by atoms with van der Waals surface area (Å²) in [5.74, 6) is -0.117. The third-order valence-electron chi connectivity index (χ3n) is 6.45. The lowest BCUT2D eigenvalue weighted by molar-refractivity contribution is 0.0706. The second kappa shape index (κ2) is 8.97. The van der Waals surface area contributed by atoms with Crippen molar-refractivity contribution < 1.29 is 9.59 Å². The third-order valence-corrected chi connectivity index (χ3v) is 7.22. The highest BCUT2D eigenvalue weighted by molar-refractivity contribution is 7.09. The number of fused-ring (bicyclic) bond motifs is 1. The van der Waals surface area contributed by atoms with Crippen LogP contribution in [0.25, 0.3) is 0 Å². The van der Waals surface area contributed by atoms with Crippen molar-refractivity contribution in [3.8, 4) is 0 Å². The van der Waals surface area contributed by atoms with E-state index in [1.807, 2.05) is 41.6 Å². The second-order valence-electron chi connectivity index (χ2n) is 8.43. The number of rotatable bonds is 4. The number of carbonyl (C=O) groups is 2. The lowest BCUT2D eigenvalue weighted by atomic mass is 10.0. The molecule has 172 valence electrons. The Bertz CT molecular complexity index is 1160. The summed E-state index contributed by atoms with van der Waals surface area (Å²) in [5, 5.41) is 7.38. The predicted octanol–water partition coefficient (Wildman–Crippen LogP) is 2.83. The van der Waals surface area contributed by atoms with Gasteiger partial charge in [0.25, 0.3) is 11.8 Å². The van der Waals surface area contributed by atoms with Crippen LogP contribution < -0.4 is 4.90 Å². The molecule has 2 amide bonds. The van der Waals surface area contributed by atoms with E-state index in [4.69, 9.17) is 5.10 Å². The fraction of sp³-hybridized carbons (Fsp3) is 0.417. The van der Waals surface area contributed by atoms with Gasteiger partial charge in [-0.1, -0.05) is 18.2 Å². The number of benzene rings is 1. The van der Waals surface area contributed by atoms with Crippen LogP contribution in [0.4, 0.5) is 5.69 Å². The number of hydrogen-bond acceptors (Lipinski definition) is 6. The summed E-state index contributed by atoms with van der Waals surface area (Å²) in [7, 11) is 0. The van der Waals surface area contributed by atoms with Crippen molar-refractivity contribution in [1.82, 2.24) is 24.6 Å². The van der Waals surface area contributed by atoms with Crippen molar-refractivity contribution in [3.05, 3.63) is 63.4 Å². The van der Waals surface area contributed by atoms with Crippen LogP contribution in [0.15, 0.2) is 35.7 Å². The molecule has 1 aromatic carbocycles. The van der Waals surface area contributed by atoms with Crippen molar-refractivity contribution in [2.45, 2.75) is 33.4 Å². The fourth-order valence-corrected chi connectivity index (χ4v) is 5.26. The molecule has 3 aromatic rings. The van der Waals surface area contributed by atoms with Gasteiger partial charge in [-0.2, -0.15) is 5.10 Å². The summed E-state index contributed by atoms with van der Waals surface area (Å²) in [5.41, 5.74) is 4.12.